The van der Waals surface area contributed by atoms with Crippen molar-refractivity contribution in [3.8, 4) is 0 Å². The lowest BCUT2D eigenvalue weighted by molar-refractivity contribution is 0.601. The zero-order valence-electron chi connectivity index (χ0n) is 11.5. The number of aryl methyl sites for hydroxylation is 1. The topological polar surface area (TPSA) is 63.5 Å². The summed E-state index contributed by atoms with van der Waals surface area (Å²) in [6.45, 7) is 2.03. The predicted molar refractivity (Wildman–Crippen MR) is 81.8 cm³/mol. The van der Waals surface area contributed by atoms with Crippen LogP contribution in [-0.4, -0.2) is 18.0 Å². The number of anilines is 1. The number of rotatable bonds is 4. The molecular formula is C15H15N3O2S. The minimum atomic E-state index is -3.57. The lowest BCUT2D eigenvalue weighted by Gasteiger charge is -2.09. The van der Waals surface area contributed by atoms with E-state index in [9.17, 15) is 8.42 Å². The molecule has 108 valence electrons. The van der Waals surface area contributed by atoms with Crippen molar-refractivity contribution in [3.63, 3.8) is 0 Å². The highest BCUT2D eigenvalue weighted by atomic mass is 32.2. The van der Waals surface area contributed by atoms with Gasteiger partial charge in [0.2, 0.25) is 0 Å². The van der Waals surface area contributed by atoms with Crippen LogP contribution in [0.4, 0.5) is 5.69 Å². The van der Waals surface area contributed by atoms with Gasteiger partial charge in [-0.15, -0.1) is 0 Å². The summed E-state index contributed by atoms with van der Waals surface area (Å²) in [4.78, 5) is 0.257. The van der Waals surface area contributed by atoms with Crippen LogP contribution in [0.15, 0.2) is 59.8 Å². The molecule has 1 N–H and O–H groups in total. The molecule has 2 heterocycles. The van der Waals surface area contributed by atoms with Crippen LogP contribution in [-0.2, 0) is 16.4 Å². The zero-order chi connectivity index (χ0) is 14.9. The first kappa shape index (κ1) is 13.6. The van der Waals surface area contributed by atoms with Gasteiger partial charge >= 0.3 is 0 Å². The van der Waals surface area contributed by atoms with Gasteiger partial charge in [-0.2, -0.15) is 5.10 Å². The first-order valence-electron chi connectivity index (χ1n) is 6.63. The van der Waals surface area contributed by atoms with Gasteiger partial charge in [0, 0.05) is 12.4 Å². The predicted octanol–water partition coefficient (Wildman–Crippen LogP) is 2.70. The van der Waals surface area contributed by atoms with E-state index in [0.717, 1.165) is 17.5 Å². The number of nitrogens with zero attached hydrogens (tertiary/aromatic N) is 2. The molecule has 0 bridgehead atoms. The van der Waals surface area contributed by atoms with E-state index in [2.05, 4.69) is 9.82 Å². The number of nitrogens with one attached hydrogen (secondary N) is 1. The molecule has 21 heavy (non-hydrogen) atoms. The number of hydrogen-bond donors (Lipinski definition) is 1. The molecule has 3 rings (SSSR count). The average Bonchev–Trinajstić information content (AvgIpc) is 2.94. The summed E-state index contributed by atoms with van der Waals surface area (Å²) in [5.74, 6) is 0. The molecule has 0 aliphatic heterocycles. The van der Waals surface area contributed by atoms with Crippen LogP contribution in [0.5, 0.6) is 0 Å². The Labute approximate surface area is 123 Å². The van der Waals surface area contributed by atoms with E-state index in [-0.39, 0.29) is 4.90 Å². The Balaban J connectivity index is 1.90. The van der Waals surface area contributed by atoms with Gasteiger partial charge in [-0.3, -0.25) is 4.72 Å². The zero-order valence-corrected chi connectivity index (χ0v) is 12.3. The Bertz CT molecular complexity index is 867. The van der Waals surface area contributed by atoms with Crippen LogP contribution in [0.25, 0.3) is 5.52 Å². The number of sulfonamides is 1. The van der Waals surface area contributed by atoms with E-state index in [4.69, 9.17) is 0 Å². The van der Waals surface area contributed by atoms with Crippen LogP contribution >= 0.6 is 0 Å². The van der Waals surface area contributed by atoms with Crippen molar-refractivity contribution in [2.45, 2.75) is 18.2 Å². The van der Waals surface area contributed by atoms with Gasteiger partial charge in [-0.1, -0.05) is 19.1 Å². The third-order valence-electron chi connectivity index (χ3n) is 3.29. The molecule has 6 heteroatoms. The summed E-state index contributed by atoms with van der Waals surface area (Å²) in [5.41, 5.74) is 2.45. The Morgan fingerprint density at radius 2 is 1.90 bits per heavy atom. The molecule has 0 aliphatic rings. The fourth-order valence-electron chi connectivity index (χ4n) is 2.10. The molecule has 5 nitrogen and oxygen atoms in total. The summed E-state index contributed by atoms with van der Waals surface area (Å²) < 4.78 is 28.9. The summed E-state index contributed by atoms with van der Waals surface area (Å²) in [5, 5.41) is 4.07. The molecule has 0 radical (unpaired) electrons. The van der Waals surface area contributed by atoms with Crippen molar-refractivity contribution in [2.75, 3.05) is 4.72 Å². The quantitative estimate of drug-likeness (QED) is 0.806. The van der Waals surface area contributed by atoms with Gasteiger partial charge in [0.25, 0.3) is 10.0 Å². The van der Waals surface area contributed by atoms with Crippen LogP contribution in [0, 0.1) is 0 Å². The molecular weight excluding hydrogens is 286 g/mol. The van der Waals surface area contributed by atoms with Crippen molar-refractivity contribution in [1.82, 2.24) is 9.61 Å². The number of hydrogen-bond acceptors (Lipinski definition) is 3. The van der Waals surface area contributed by atoms with Crippen LogP contribution < -0.4 is 4.72 Å². The fourth-order valence-corrected chi connectivity index (χ4v) is 3.15. The van der Waals surface area contributed by atoms with E-state index < -0.39 is 10.0 Å². The lowest BCUT2D eigenvalue weighted by atomic mass is 10.2. The van der Waals surface area contributed by atoms with E-state index in [1.54, 1.807) is 41.2 Å². The molecule has 0 saturated carbocycles. The first-order valence-corrected chi connectivity index (χ1v) is 8.12. The second-order valence-electron chi connectivity index (χ2n) is 4.72. The van der Waals surface area contributed by atoms with Gasteiger partial charge in [-0.05, 0) is 42.3 Å². The molecule has 0 spiro atoms. The molecule has 2 aromatic heterocycles. The van der Waals surface area contributed by atoms with E-state index in [1.807, 2.05) is 25.1 Å². The highest BCUT2D eigenvalue weighted by molar-refractivity contribution is 7.92. The van der Waals surface area contributed by atoms with Gasteiger partial charge in [0.15, 0.2) is 0 Å². The largest absolute Gasteiger partial charge is 0.279 e. The molecule has 0 saturated heterocycles. The number of aromatic nitrogens is 2. The van der Waals surface area contributed by atoms with E-state index in [1.165, 1.54) is 0 Å². The van der Waals surface area contributed by atoms with Crippen molar-refractivity contribution >= 4 is 21.2 Å². The highest BCUT2D eigenvalue weighted by Gasteiger charge is 2.14. The SMILES string of the molecule is CCc1ccc(S(=O)(=O)Nc2ccn3nccc3c2)cc1. The molecule has 0 aliphatic carbocycles. The third kappa shape index (κ3) is 2.75. The smallest absolute Gasteiger partial charge is 0.261 e. The Morgan fingerprint density at radius 1 is 1.14 bits per heavy atom. The molecule has 0 amide bonds. The summed E-state index contributed by atoms with van der Waals surface area (Å²) >= 11 is 0. The number of benzene rings is 1. The molecule has 1 aromatic carbocycles. The maximum Gasteiger partial charge on any atom is 0.261 e. The molecule has 0 unspecified atom stereocenters. The molecule has 0 atom stereocenters. The minimum absolute atomic E-state index is 0.257. The average molecular weight is 301 g/mol. The summed E-state index contributed by atoms with van der Waals surface area (Å²) in [6, 6.07) is 12.1. The fraction of sp³-hybridized carbons (Fsp3) is 0.133. The van der Waals surface area contributed by atoms with Gasteiger partial charge in [-0.25, -0.2) is 12.9 Å². The monoisotopic (exact) mass is 301 g/mol. The molecule has 0 fully saturated rings. The van der Waals surface area contributed by atoms with Crippen molar-refractivity contribution in [3.05, 3.63) is 60.4 Å². The number of fused-ring (bicyclic) bond motifs is 1. The minimum Gasteiger partial charge on any atom is -0.279 e. The second kappa shape index (κ2) is 5.21. The van der Waals surface area contributed by atoms with Crippen molar-refractivity contribution < 1.29 is 8.42 Å². The summed E-state index contributed by atoms with van der Waals surface area (Å²) in [6.07, 6.45) is 4.26. The maximum absolute atomic E-state index is 12.3. The Hall–Kier alpha value is -2.34. The van der Waals surface area contributed by atoms with Crippen molar-refractivity contribution in [1.29, 1.82) is 0 Å². The third-order valence-corrected chi connectivity index (χ3v) is 4.69. The summed E-state index contributed by atoms with van der Waals surface area (Å²) in [7, 11) is -3.57. The van der Waals surface area contributed by atoms with E-state index in [0.29, 0.717) is 5.69 Å². The van der Waals surface area contributed by atoms with Gasteiger partial charge < -0.3 is 0 Å². The standard InChI is InChI=1S/C15H15N3O2S/c1-2-12-3-5-15(6-4-12)21(19,20)17-13-8-10-18-14(11-13)7-9-16-18/h3-11,17H,2H2,1H3. The maximum atomic E-state index is 12.3. The lowest BCUT2D eigenvalue weighted by Crippen LogP contribution is -2.13. The first-order chi connectivity index (χ1) is 10.1. The van der Waals surface area contributed by atoms with E-state index >= 15 is 0 Å². The van der Waals surface area contributed by atoms with Crippen LogP contribution in [0.1, 0.15) is 12.5 Å². The Morgan fingerprint density at radius 3 is 2.62 bits per heavy atom. The van der Waals surface area contributed by atoms with Crippen LogP contribution in [0.2, 0.25) is 0 Å². The van der Waals surface area contributed by atoms with Gasteiger partial charge in [0.1, 0.15) is 0 Å². The number of pyridine rings is 1. The van der Waals surface area contributed by atoms with Crippen molar-refractivity contribution in [2.24, 2.45) is 0 Å². The van der Waals surface area contributed by atoms with Crippen LogP contribution in [0.3, 0.4) is 0 Å². The Kier molecular flexibility index (Phi) is 3.39. The normalized spacial score (nSPS) is 11.7. The molecule has 3 aromatic rings. The second-order valence-corrected chi connectivity index (χ2v) is 6.40. The highest BCUT2D eigenvalue weighted by Crippen LogP contribution is 2.18. The van der Waals surface area contributed by atoms with Gasteiger partial charge in [0.05, 0.1) is 16.1 Å².